The summed E-state index contributed by atoms with van der Waals surface area (Å²) in [7, 11) is 0. The fourth-order valence-corrected chi connectivity index (χ4v) is 4.69. The molecule has 4 heteroatoms. The molecule has 1 heterocycles. The summed E-state index contributed by atoms with van der Waals surface area (Å²) in [4.78, 5) is 11.3. The Morgan fingerprint density at radius 3 is 2.38 bits per heavy atom. The van der Waals surface area contributed by atoms with Gasteiger partial charge in [-0.15, -0.1) is 11.3 Å². The van der Waals surface area contributed by atoms with E-state index >= 15 is 0 Å². The largest absolute Gasteiger partial charge is 0.277 e. The van der Waals surface area contributed by atoms with Gasteiger partial charge in [0.25, 0.3) is 5.69 Å². The molecule has 0 aliphatic rings. The fourth-order valence-electron chi connectivity index (χ4n) is 3.61. The first-order valence-corrected chi connectivity index (χ1v) is 9.12. The van der Waals surface area contributed by atoms with Gasteiger partial charge < -0.3 is 0 Å². The van der Waals surface area contributed by atoms with Crippen molar-refractivity contribution in [2.24, 2.45) is 0 Å². The standard InChI is InChI=1S/C22H13NO2S/c24-23(25)19-9-4-6-14-5-3-8-16(22(14)19)15-11-12-21-18(13-15)17-7-1-2-10-20(17)26-21/h1-13H. The van der Waals surface area contributed by atoms with Gasteiger partial charge in [0, 0.05) is 26.2 Å². The first-order valence-electron chi connectivity index (χ1n) is 8.30. The van der Waals surface area contributed by atoms with Crippen molar-refractivity contribution >= 4 is 48.0 Å². The Balaban J connectivity index is 1.85. The van der Waals surface area contributed by atoms with Crippen LogP contribution in [-0.4, -0.2) is 4.92 Å². The maximum absolute atomic E-state index is 11.6. The van der Waals surface area contributed by atoms with Crippen LogP contribution in [0.25, 0.3) is 42.1 Å². The van der Waals surface area contributed by atoms with Gasteiger partial charge in [0.15, 0.2) is 0 Å². The molecule has 5 rings (SSSR count). The van der Waals surface area contributed by atoms with Crippen LogP contribution in [0, 0.1) is 10.1 Å². The Bertz CT molecular complexity index is 1310. The highest BCUT2D eigenvalue weighted by Gasteiger charge is 2.16. The van der Waals surface area contributed by atoms with E-state index in [9.17, 15) is 10.1 Å². The van der Waals surface area contributed by atoms with Gasteiger partial charge in [-0.3, -0.25) is 10.1 Å². The molecular formula is C22H13NO2S. The molecule has 0 aliphatic carbocycles. The summed E-state index contributed by atoms with van der Waals surface area (Å²) >= 11 is 1.77. The van der Waals surface area contributed by atoms with Crippen LogP contribution in [0.4, 0.5) is 5.69 Å². The predicted octanol–water partition coefficient (Wildman–Crippen LogP) is 6.78. The molecule has 124 valence electrons. The molecule has 4 aromatic carbocycles. The summed E-state index contributed by atoms with van der Waals surface area (Å²) < 4.78 is 2.48. The minimum atomic E-state index is -0.301. The van der Waals surface area contributed by atoms with Crippen LogP contribution in [0.3, 0.4) is 0 Å². The number of nitro benzene ring substituents is 1. The van der Waals surface area contributed by atoms with Gasteiger partial charge in [-0.2, -0.15) is 0 Å². The van der Waals surface area contributed by atoms with E-state index in [1.807, 2.05) is 36.4 Å². The monoisotopic (exact) mass is 355 g/mol. The number of rotatable bonds is 2. The van der Waals surface area contributed by atoms with Crippen molar-refractivity contribution in [1.82, 2.24) is 0 Å². The van der Waals surface area contributed by atoms with Gasteiger partial charge in [0.05, 0.1) is 10.3 Å². The summed E-state index contributed by atoms with van der Waals surface area (Å²) in [5, 5.41) is 15.5. The molecular weight excluding hydrogens is 342 g/mol. The highest BCUT2D eigenvalue weighted by atomic mass is 32.1. The minimum absolute atomic E-state index is 0.147. The third kappa shape index (κ3) is 2.20. The Kier molecular flexibility index (Phi) is 3.27. The quantitative estimate of drug-likeness (QED) is 0.259. The lowest BCUT2D eigenvalue weighted by Crippen LogP contribution is -1.91. The van der Waals surface area contributed by atoms with Crippen molar-refractivity contribution in [2.75, 3.05) is 0 Å². The number of nitro groups is 1. The van der Waals surface area contributed by atoms with Gasteiger partial charge in [0.1, 0.15) is 0 Å². The zero-order chi connectivity index (χ0) is 17.7. The highest BCUT2D eigenvalue weighted by molar-refractivity contribution is 7.25. The van der Waals surface area contributed by atoms with Crippen molar-refractivity contribution in [2.45, 2.75) is 0 Å². The molecule has 3 nitrogen and oxygen atoms in total. The topological polar surface area (TPSA) is 43.1 Å². The summed E-state index contributed by atoms with van der Waals surface area (Å²) in [5.74, 6) is 0. The maximum atomic E-state index is 11.6. The van der Waals surface area contributed by atoms with Crippen LogP contribution >= 0.6 is 11.3 Å². The number of hydrogen-bond donors (Lipinski definition) is 0. The predicted molar refractivity (Wildman–Crippen MR) is 109 cm³/mol. The van der Waals surface area contributed by atoms with E-state index in [-0.39, 0.29) is 10.6 Å². The van der Waals surface area contributed by atoms with E-state index in [1.54, 1.807) is 23.5 Å². The van der Waals surface area contributed by atoms with Gasteiger partial charge in [-0.1, -0.05) is 54.6 Å². The first-order chi connectivity index (χ1) is 12.7. The smallest absolute Gasteiger partial charge is 0.258 e. The van der Waals surface area contributed by atoms with E-state index in [2.05, 4.69) is 30.3 Å². The van der Waals surface area contributed by atoms with Gasteiger partial charge in [-0.05, 0) is 34.7 Å². The average Bonchev–Trinajstić information content (AvgIpc) is 3.05. The zero-order valence-corrected chi connectivity index (χ0v) is 14.5. The van der Waals surface area contributed by atoms with E-state index in [0.29, 0.717) is 5.39 Å². The van der Waals surface area contributed by atoms with Gasteiger partial charge in [-0.25, -0.2) is 0 Å². The molecule has 1 aromatic heterocycles. The number of thiophene rings is 1. The van der Waals surface area contributed by atoms with Crippen molar-refractivity contribution in [3.8, 4) is 11.1 Å². The molecule has 0 spiro atoms. The molecule has 0 fully saturated rings. The number of non-ortho nitro benzene ring substituents is 1. The molecule has 0 aliphatic heterocycles. The van der Waals surface area contributed by atoms with Crippen molar-refractivity contribution in [3.63, 3.8) is 0 Å². The van der Waals surface area contributed by atoms with Gasteiger partial charge >= 0.3 is 0 Å². The lowest BCUT2D eigenvalue weighted by Gasteiger charge is -2.08. The third-order valence-electron chi connectivity index (χ3n) is 4.77. The maximum Gasteiger partial charge on any atom is 0.277 e. The van der Waals surface area contributed by atoms with Crippen molar-refractivity contribution in [1.29, 1.82) is 0 Å². The van der Waals surface area contributed by atoms with Crippen LogP contribution in [-0.2, 0) is 0 Å². The second-order valence-corrected chi connectivity index (χ2v) is 7.33. The Hall–Kier alpha value is -3.24. The molecule has 5 aromatic rings. The Labute approximate surface area is 153 Å². The van der Waals surface area contributed by atoms with Crippen molar-refractivity contribution < 1.29 is 4.92 Å². The molecule has 0 saturated carbocycles. The van der Waals surface area contributed by atoms with E-state index in [1.165, 1.54) is 20.2 Å². The Morgan fingerprint density at radius 2 is 1.54 bits per heavy atom. The van der Waals surface area contributed by atoms with Crippen molar-refractivity contribution in [3.05, 3.63) is 89.0 Å². The minimum Gasteiger partial charge on any atom is -0.258 e. The molecule has 0 N–H and O–H groups in total. The second kappa shape index (κ2) is 5.64. The zero-order valence-electron chi connectivity index (χ0n) is 13.7. The SMILES string of the molecule is O=[N+]([O-])c1cccc2cccc(-c3ccc4sc5ccccc5c4c3)c12. The normalized spacial score (nSPS) is 11.4. The highest BCUT2D eigenvalue weighted by Crippen LogP contribution is 2.39. The summed E-state index contributed by atoms with van der Waals surface area (Å²) in [6.07, 6.45) is 0. The van der Waals surface area contributed by atoms with Crippen LogP contribution in [0.5, 0.6) is 0 Å². The summed E-state index contributed by atoms with van der Waals surface area (Å²) in [6.45, 7) is 0. The fraction of sp³-hybridized carbons (Fsp3) is 0. The third-order valence-corrected chi connectivity index (χ3v) is 5.92. The molecule has 0 bridgehead atoms. The van der Waals surface area contributed by atoms with E-state index < -0.39 is 0 Å². The first kappa shape index (κ1) is 15.0. The average molecular weight is 355 g/mol. The van der Waals surface area contributed by atoms with Crippen LogP contribution in [0.1, 0.15) is 0 Å². The number of hydrogen-bond acceptors (Lipinski definition) is 3. The lowest BCUT2D eigenvalue weighted by molar-refractivity contribution is -0.383. The van der Waals surface area contributed by atoms with Crippen LogP contribution < -0.4 is 0 Å². The Morgan fingerprint density at radius 1 is 0.769 bits per heavy atom. The summed E-state index contributed by atoms with van der Waals surface area (Å²) in [5.41, 5.74) is 2.04. The summed E-state index contributed by atoms with van der Waals surface area (Å²) in [6, 6.07) is 25.7. The molecule has 0 amide bonds. The molecule has 0 unspecified atom stereocenters. The molecule has 0 radical (unpaired) electrons. The second-order valence-electron chi connectivity index (χ2n) is 6.25. The van der Waals surface area contributed by atoms with E-state index in [4.69, 9.17) is 0 Å². The van der Waals surface area contributed by atoms with Gasteiger partial charge in [0.2, 0.25) is 0 Å². The number of fused-ring (bicyclic) bond motifs is 4. The molecule has 0 saturated heterocycles. The number of benzene rings is 4. The lowest BCUT2D eigenvalue weighted by atomic mass is 9.96. The molecule has 0 atom stereocenters. The van der Waals surface area contributed by atoms with E-state index in [0.717, 1.165) is 16.5 Å². The number of nitrogens with zero attached hydrogens (tertiary/aromatic N) is 1. The van der Waals surface area contributed by atoms with Crippen LogP contribution in [0.15, 0.2) is 78.9 Å². The molecule has 26 heavy (non-hydrogen) atoms. The van der Waals surface area contributed by atoms with Crippen LogP contribution in [0.2, 0.25) is 0 Å².